The molecule has 1 fully saturated rings. The number of benzene rings is 1. The van der Waals surface area contributed by atoms with Gasteiger partial charge in [-0.3, -0.25) is 14.4 Å². The molecule has 3 heterocycles. The maximum atomic E-state index is 13.9. The Hall–Kier alpha value is -3.66. The number of ether oxygens (including phenoxy) is 2. The molecule has 0 aliphatic carbocycles. The number of carboxylic acid groups (broad SMARTS) is 1. The molecule has 1 amide bonds. The average Bonchev–Trinajstić information content (AvgIpc) is 3.58. The largest absolute Gasteiger partial charge is 0.481 e. The molecule has 36 heavy (non-hydrogen) atoms. The lowest BCUT2D eigenvalue weighted by Crippen LogP contribution is -2.58. The van der Waals surface area contributed by atoms with Crippen LogP contribution < -0.4 is 0 Å². The van der Waals surface area contributed by atoms with Crippen molar-refractivity contribution in [1.82, 2.24) is 14.7 Å². The summed E-state index contributed by atoms with van der Waals surface area (Å²) in [6.07, 6.45) is 2.27. The molecule has 1 saturated heterocycles. The van der Waals surface area contributed by atoms with Crippen LogP contribution in [0.25, 0.3) is 0 Å². The Kier molecular flexibility index (Phi) is 7.16. The van der Waals surface area contributed by atoms with Gasteiger partial charge in [-0.2, -0.15) is 5.10 Å². The van der Waals surface area contributed by atoms with Gasteiger partial charge >= 0.3 is 18.0 Å². The van der Waals surface area contributed by atoms with Gasteiger partial charge in [0, 0.05) is 17.3 Å². The summed E-state index contributed by atoms with van der Waals surface area (Å²) in [5.41, 5.74) is -1.76. The Balaban J connectivity index is 1.82. The van der Waals surface area contributed by atoms with Gasteiger partial charge in [-0.1, -0.05) is 36.4 Å². The van der Waals surface area contributed by atoms with Crippen molar-refractivity contribution < 1.29 is 29.0 Å². The summed E-state index contributed by atoms with van der Waals surface area (Å²) in [6.45, 7) is 5.07. The summed E-state index contributed by atoms with van der Waals surface area (Å²) in [5.74, 6) is -2.87. The number of hydrogen-bond acceptors (Lipinski definition) is 7. The molecule has 3 aromatic rings. The first kappa shape index (κ1) is 25.4. The Morgan fingerprint density at radius 3 is 2.47 bits per heavy atom. The average molecular weight is 512 g/mol. The van der Waals surface area contributed by atoms with Crippen LogP contribution in [-0.2, 0) is 32.2 Å². The topological polar surface area (TPSA) is 111 Å². The minimum atomic E-state index is -1.66. The van der Waals surface area contributed by atoms with E-state index in [1.165, 1.54) is 20.9 Å². The van der Waals surface area contributed by atoms with Crippen LogP contribution in [0.3, 0.4) is 0 Å². The molecule has 3 atom stereocenters. The number of hydrogen-bond donors (Lipinski definition) is 1. The Labute approximate surface area is 213 Å². The smallest absolute Gasteiger partial charge is 0.411 e. The Morgan fingerprint density at radius 1 is 1.14 bits per heavy atom. The second-order valence-electron chi connectivity index (χ2n) is 9.76. The lowest BCUT2D eigenvalue weighted by atomic mass is 9.90. The van der Waals surface area contributed by atoms with Gasteiger partial charge in [-0.15, -0.1) is 11.3 Å². The summed E-state index contributed by atoms with van der Waals surface area (Å²) in [5, 5.41) is 16.3. The van der Waals surface area contributed by atoms with E-state index in [4.69, 9.17) is 9.47 Å². The van der Waals surface area contributed by atoms with Crippen LogP contribution in [0.5, 0.6) is 0 Å². The number of carbonyl (C=O) groups excluding carboxylic acids is 2. The molecule has 2 aromatic heterocycles. The van der Waals surface area contributed by atoms with Crippen LogP contribution in [0.1, 0.15) is 43.7 Å². The summed E-state index contributed by atoms with van der Waals surface area (Å²) < 4.78 is 13.0. The fourth-order valence-electron chi connectivity index (χ4n) is 4.53. The zero-order chi connectivity index (χ0) is 25.9. The summed E-state index contributed by atoms with van der Waals surface area (Å²) in [4.78, 5) is 42.1. The van der Waals surface area contributed by atoms with Crippen molar-refractivity contribution in [3.05, 3.63) is 76.7 Å². The zero-order valence-electron chi connectivity index (χ0n) is 20.4. The molecule has 1 aromatic carbocycles. The number of amides is 1. The number of likely N-dealkylation sites (tertiary alicyclic amines) is 1. The molecule has 0 spiro atoms. The van der Waals surface area contributed by atoms with Gasteiger partial charge in [0.1, 0.15) is 12.2 Å². The predicted molar refractivity (Wildman–Crippen MR) is 132 cm³/mol. The number of rotatable bonds is 7. The fraction of sp³-hybridized carbons (Fsp3) is 0.385. The van der Waals surface area contributed by atoms with E-state index in [0.29, 0.717) is 4.88 Å². The maximum absolute atomic E-state index is 13.9. The SMILES string of the molecule is CC(C)(C)OC(=O)[C@]1(Cn2cccn2)C[C@@H](C(=O)O)[C@H](c2cccs2)N1C(=O)OCc1ccccc1. The van der Waals surface area contributed by atoms with Crippen molar-refractivity contribution in [3.8, 4) is 0 Å². The first-order valence-electron chi connectivity index (χ1n) is 11.6. The minimum Gasteiger partial charge on any atom is -0.481 e. The molecule has 0 bridgehead atoms. The van der Waals surface area contributed by atoms with Crippen molar-refractivity contribution in [2.45, 2.75) is 57.5 Å². The van der Waals surface area contributed by atoms with Crippen molar-refractivity contribution in [1.29, 1.82) is 0 Å². The third-order valence-corrected chi connectivity index (χ3v) is 6.94. The lowest BCUT2D eigenvalue weighted by molar-refractivity contribution is -0.169. The van der Waals surface area contributed by atoms with Gasteiger partial charge in [0.05, 0.1) is 18.5 Å². The molecule has 9 nitrogen and oxygen atoms in total. The molecular formula is C26H29N3O6S. The molecule has 0 unspecified atom stereocenters. The standard InChI is InChI=1S/C26H29N3O6S/c1-25(2,3)35-23(32)26(17-28-13-8-12-27-28)15-19(22(30)31)21(20-11-7-14-36-20)29(26)24(33)34-16-18-9-5-4-6-10-18/h4-14,19,21H,15-17H2,1-3H3,(H,30,31)/t19-,21-,26-/m1/s1. The normalized spacial score (nSPS) is 21.8. The fourth-order valence-corrected chi connectivity index (χ4v) is 5.41. The summed E-state index contributed by atoms with van der Waals surface area (Å²) in [7, 11) is 0. The van der Waals surface area contributed by atoms with Crippen molar-refractivity contribution in [3.63, 3.8) is 0 Å². The first-order chi connectivity index (χ1) is 17.1. The van der Waals surface area contributed by atoms with Crippen molar-refractivity contribution >= 4 is 29.4 Å². The molecule has 0 saturated carbocycles. The predicted octanol–water partition coefficient (Wildman–Crippen LogP) is 4.51. The van der Waals surface area contributed by atoms with Crippen LogP contribution in [0, 0.1) is 5.92 Å². The molecule has 1 aliphatic heterocycles. The molecule has 4 rings (SSSR count). The number of carboxylic acids is 1. The van der Waals surface area contributed by atoms with Gasteiger partial charge < -0.3 is 14.6 Å². The molecular weight excluding hydrogens is 482 g/mol. The second kappa shape index (κ2) is 10.1. The Morgan fingerprint density at radius 2 is 1.89 bits per heavy atom. The highest BCUT2D eigenvalue weighted by Gasteiger charge is 2.63. The van der Waals surface area contributed by atoms with E-state index in [1.54, 1.807) is 51.4 Å². The Bertz CT molecular complexity index is 1190. The van der Waals surface area contributed by atoms with E-state index < -0.39 is 41.1 Å². The van der Waals surface area contributed by atoms with Gasteiger partial charge in [-0.25, -0.2) is 9.59 Å². The minimum absolute atomic E-state index is 0.0305. The first-order valence-corrected chi connectivity index (χ1v) is 12.5. The summed E-state index contributed by atoms with van der Waals surface area (Å²) in [6, 6.07) is 13.5. The van der Waals surface area contributed by atoms with Crippen LogP contribution in [0.15, 0.2) is 66.3 Å². The number of aromatic nitrogens is 2. The zero-order valence-corrected chi connectivity index (χ0v) is 21.2. The van der Waals surface area contributed by atoms with E-state index >= 15 is 0 Å². The maximum Gasteiger partial charge on any atom is 0.411 e. The highest BCUT2D eigenvalue weighted by molar-refractivity contribution is 7.10. The molecule has 10 heteroatoms. The molecule has 1 N–H and O–H groups in total. The van der Waals surface area contributed by atoms with Crippen molar-refractivity contribution in [2.24, 2.45) is 5.92 Å². The van der Waals surface area contributed by atoms with Gasteiger partial charge in [-0.05, 0) is 50.3 Å². The highest BCUT2D eigenvalue weighted by Crippen LogP contribution is 2.50. The molecule has 0 radical (unpaired) electrons. The van der Waals surface area contributed by atoms with E-state index in [2.05, 4.69) is 5.10 Å². The third kappa shape index (κ3) is 5.28. The van der Waals surface area contributed by atoms with E-state index in [1.807, 2.05) is 35.7 Å². The number of thiophene rings is 1. The quantitative estimate of drug-likeness (QED) is 0.465. The van der Waals surface area contributed by atoms with Gasteiger partial charge in [0.15, 0.2) is 5.54 Å². The van der Waals surface area contributed by atoms with Gasteiger partial charge in [0.2, 0.25) is 0 Å². The number of esters is 1. The van der Waals surface area contributed by atoms with Gasteiger partial charge in [0.25, 0.3) is 0 Å². The third-order valence-electron chi connectivity index (χ3n) is 5.99. The van der Waals surface area contributed by atoms with E-state index in [-0.39, 0.29) is 19.6 Å². The highest BCUT2D eigenvalue weighted by atomic mass is 32.1. The summed E-state index contributed by atoms with van der Waals surface area (Å²) >= 11 is 1.32. The van der Waals surface area contributed by atoms with Crippen LogP contribution in [0.2, 0.25) is 0 Å². The monoisotopic (exact) mass is 511 g/mol. The van der Waals surface area contributed by atoms with Crippen molar-refractivity contribution in [2.75, 3.05) is 0 Å². The number of aliphatic carboxylic acids is 1. The van der Waals surface area contributed by atoms with E-state index in [9.17, 15) is 19.5 Å². The molecule has 1 aliphatic rings. The van der Waals surface area contributed by atoms with Crippen LogP contribution in [0.4, 0.5) is 4.79 Å². The van der Waals surface area contributed by atoms with Crippen LogP contribution in [-0.4, -0.2) is 49.0 Å². The molecule has 190 valence electrons. The number of carbonyl (C=O) groups is 3. The lowest BCUT2D eigenvalue weighted by Gasteiger charge is -2.39. The van der Waals surface area contributed by atoms with Crippen LogP contribution >= 0.6 is 11.3 Å². The number of nitrogens with zero attached hydrogens (tertiary/aromatic N) is 3. The van der Waals surface area contributed by atoms with E-state index in [0.717, 1.165) is 5.56 Å². The second-order valence-corrected chi connectivity index (χ2v) is 10.7.